The normalized spacial score (nSPS) is 17.0. The molecule has 1 amide bonds. The van der Waals surface area contributed by atoms with Crippen molar-refractivity contribution in [3.8, 4) is 11.1 Å². The Morgan fingerprint density at radius 3 is 2.59 bits per heavy atom. The molecule has 1 heterocycles. The Bertz CT molecular complexity index is 768. The third-order valence-electron chi connectivity index (χ3n) is 4.50. The lowest BCUT2D eigenvalue weighted by atomic mass is 10.0. The van der Waals surface area contributed by atoms with Crippen molar-refractivity contribution in [1.29, 1.82) is 0 Å². The van der Waals surface area contributed by atoms with Gasteiger partial charge in [0.2, 0.25) is 0 Å². The van der Waals surface area contributed by atoms with Crippen LogP contribution in [0.4, 0.5) is 5.69 Å². The highest BCUT2D eigenvalue weighted by molar-refractivity contribution is 7.98. The van der Waals surface area contributed by atoms with Gasteiger partial charge in [-0.25, -0.2) is 0 Å². The molecular weight excluding hydrogens is 292 g/mol. The van der Waals surface area contributed by atoms with E-state index in [1.54, 1.807) is 11.8 Å². The summed E-state index contributed by atoms with van der Waals surface area (Å²) in [4.78, 5) is 15.6. The van der Waals surface area contributed by atoms with Crippen molar-refractivity contribution in [1.82, 2.24) is 4.90 Å². The van der Waals surface area contributed by atoms with Crippen LogP contribution < -0.4 is 5.73 Å². The molecule has 22 heavy (non-hydrogen) atoms. The van der Waals surface area contributed by atoms with Crippen molar-refractivity contribution in [3.05, 3.63) is 47.5 Å². The van der Waals surface area contributed by atoms with Crippen molar-refractivity contribution in [2.75, 3.05) is 12.0 Å². The second kappa shape index (κ2) is 5.06. The fourth-order valence-electron chi connectivity index (χ4n) is 3.07. The fourth-order valence-corrected chi connectivity index (χ4v) is 3.62. The summed E-state index contributed by atoms with van der Waals surface area (Å²) in [5.74, 6) is 0.194. The maximum Gasteiger partial charge on any atom is 0.254 e. The zero-order valence-corrected chi connectivity index (χ0v) is 13.3. The molecule has 1 fully saturated rings. The molecule has 4 rings (SSSR count). The third kappa shape index (κ3) is 2.18. The number of carbonyl (C=O) groups excluding carboxylic acids is 1. The minimum Gasteiger partial charge on any atom is -0.398 e. The average molecular weight is 310 g/mol. The van der Waals surface area contributed by atoms with Gasteiger partial charge in [0, 0.05) is 28.7 Å². The van der Waals surface area contributed by atoms with Crippen LogP contribution in [0.5, 0.6) is 0 Å². The Balaban J connectivity index is 1.72. The average Bonchev–Trinajstić information content (AvgIpc) is 3.33. The molecule has 1 aliphatic heterocycles. The monoisotopic (exact) mass is 310 g/mol. The second-order valence-corrected chi connectivity index (χ2v) is 6.84. The number of nitrogens with zero attached hydrogens (tertiary/aromatic N) is 1. The number of benzene rings is 2. The Morgan fingerprint density at radius 2 is 1.86 bits per heavy atom. The van der Waals surface area contributed by atoms with E-state index in [1.165, 1.54) is 0 Å². The second-order valence-electron chi connectivity index (χ2n) is 5.99. The molecule has 4 heteroatoms. The first-order valence-corrected chi connectivity index (χ1v) is 8.77. The van der Waals surface area contributed by atoms with Gasteiger partial charge in [-0.2, -0.15) is 0 Å². The van der Waals surface area contributed by atoms with Crippen LogP contribution in [0.2, 0.25) is 0 Å². The highest BCUT2D eigenvalue weighted by Crippen LogP contribution is 2.37. The van der Waals surface area contributed by atoms with E-state index < -0.39 is 0 Å². The molecule has 0 spiro atoms. The molecule has 1 aliphatic carbocycles. The Labute approximate surface area is 134 Å². The molecule has 2 N–H and O–H groups in total. The van der Waals surface area contributed by atoms with Gasteiger partial charge in [0.15, 0.2) is 0 Å². The molecule has 2 aromatic rings. The summed E-state index contributed by atoms with van der Waals surface area (Å²) in [7, 11) is 0. The maximum absolute atomic E-state index is 12.5. The summed E-state index contributed by atoms with van der Waals surface area (Å²) in [5, 5.41) is 0. The van der Waals surface area contributed by atoms with Crippen LogP contribution >= 0.6 is 11.8 Å². The summed E-state index contributed by atoms with van der Waals surface area (Å²) in [6, 6.07) is 12.8. The van der Waals surface area contributed by atoms with E-state index in [-0.39, 0.29) is 5.91 Å². The van der Waals surface area contributed by atoms with Crippen LogP contribution in [0.15, 0.2) is 41.3 Å². The zero-order valence-electron chi connectivity index (χ0n) is 12.5. The third-order valence-corrected chi connectivity index (χ3v) is 5.29. The van der Waals surface area contributed by atoms with Crippen LogP contribution in [0.25, 0.3) is 11.1 Å². The van der Waals surface area contributed by atoms with Crippen LogP contribution in [0.1, 0.15) is 28.8 Å². The lowest BCUT2D eigenvalue weighted by Crippen LogP contribution is -2.25. The summed E-state index contributed by atoms with van der Waals surface area (Å²) >= 11 is 1.64. The lowest BCUT2D eigenvalue weighted by molar-refractivity contribution is 0.0766. The summed E-state index contributed by atoms with van der Waals surface area (Å²) in [5.41, 5.74) is 11.0. The van der Waals surface area contributed by atoms with Crippen LogP contribution in [-0.4, -0.2) is 23.1 Å². The number of carbonyl (C=O) groups is 1. The van der Waals surface area contributed by atoms with Gasteiger partial charge in [-0.15, -0.1) is 11.8 Å². The van der Waals surface area contributed by atoms with Gasteiger partial charge >= 0.3 is 0 Å². The van der Waals surface area contributed by atoms with Gasteiger partial charge in [-0.3, -0.25) is 4.79 Å². The number of nitrogen functional groups attached to an aromatic ring is 1. The molecule has 2 aliphatic rings. The highest BCUT2D eigenvalue weighted by Gasteiger charge is 2.38. The summed E-state index contributed by atoms with van der Waals surface area (Å²) < 4.78 is 0. The number of hydrogen-bond acceptors (Lipinski definition) is 3. The maximum atomic E-state index is 12.5. The summed E-state index contributed by atoms with van der Waals surface area (Å²) in [6.07, 6.45) is 4.33. The van der Waals surface area contributed by atoms with Gasteiger partial charge in [0.05, 0.1) is 0 Å². The topological polar surface area (TPSA) is 46.3 Å². The molecule has 1 saturated carbocycles. The number of anilines is 1. The minimum atomic E-state index is 0.194. The quantitative estimate of drug-likeness (QED) is 0.693. The van der Waals surface area contributed by atoms with Crippen molar-refractivity contribution < 1.29 is 4.79 Å². The first-order chi connectivity index (χ1) is 10.7. The van der Waals surface area contributed by atoms with E-state index in [1.807, 2.05) is 29.4 Å². The van der Waals surface area contributed by atoms with Gasteiger partial charge in [0.25, 0.3) is 5.91 Å². The van der Waals surface area contributed by atoms with Gasteiger partial charge < -0.3 is 10.6 Å². The Hall–Kier alpha value is -1.94. The van der Waals surface area contributed by atoms with Crippen molar-refractivity contribution in [3.63, 3.8) is 0 Å². The molecule has 112 valence electrons. The van der Waals surface area contributed by atoms with Gasteiger partial charge in [0.1, 0.15) is 0 Å². The number of nitrogens with two attached hydrogens (primary N) is 1. The molecule has 2 aromatic carbocycles. The summed E-state index contributed by atoms with van der Waals surface area (Å²) in [6.45, 7) is 0.775. The van der Waals surface area contributed by atoms with Gasteiger partial charge in [-0.1, -0.05) is 18.2 Å². The van der Waals surface area contributed by atoms with E-state index in [2.05, 4.69) is 18.2 Å². The molecular formula is C18H18N2OS. The van der Waals surface area contributed by atoms with Crippen LogP contribution in [0.3, 0.4) is 0 Å². The van der Waals surface area contributed by atoms with E-state index in [0.717, 1.165) is 52.2 Å². The Kier molecular flexibility index (Phi) is 3.15. The standard InChI is InChI=1S/C18H18N2OS/c1-22-17-9-12(4-7-16(17)19)11-2-3-13-10-20(14-5-6-14)18(21)15(13)8-11/h2-4,7-9,14H,5-6,10,19H2,1H3. The molecule has 0 saturated heterocycles. The highest BCUT2D eigenvalue weighted by atomic mass is 32.2. The van der Waals surface area contributed by atoms with Crippen LogP contribution in [-0.2, 0) is 6.54 Å². The minimum absolute atomic E-state index is 0.194. The van der Waals surface area contributed by atoms with E-state index in [9.17, 15) is 4.79 Å². The largest absolute Gasteiger partial charge is 0.398 e. The Morgan fingerprint density at radius 1 is 1.14 bits per heavy atom. The van der Waals surface area contributed by atoms with Crippen molar-refractivity contribution in [2.45, 2.75) is 30.3 Å². The number of hydrogen-bond donors (Lipinski definition) is 1. The molecule has 0 atom stereocenters. The van der Waals surface area contributed by atoms with Crippen molar-refractivity contribution >= 4 is 23.4 Å². The number of fused-ring (bicyclic) bond motifs is 1. The molecule has 3 nitrogen and oxygen atoms in total. The molecule has 0 unspecified atom stereocenters. The SMILES string of the molecule is CSc1cc(-c2ccc3c(c2)C(=O)N(C2CC2)C3)ccc1N. The first-order valence-electron chi connectivity index (χ1n) is 7.55. The van der Waals surface area contributed by atoms with E-state index >= 15 is 0 Å². The van der Waals surface area contributed by atoms with Gasteiger partial charge in [-0.05, 0) is 54.0 Å². The zero-order chi connectivity index (χ0) is 15.3. The van der Waals surface area contributed by atoms with Crippen LogP contribution in [0, 0.1) is 0 Å². The smallest absolute Gasteiger partial charge is 0.254 e. The number of rotatable bonds is 3. The van der Waals surface area contributed by atoms with E-state index in [4.69, 9.17) is 5.73 Å². The molecule has 0 radical (unpaired) electrons. The van der Waals surface area contributed by atoms with Crippen molar-refractivity contribution in [2.24, 2.45) is 0 Å². The molecule has 0 bridgehead atoms. The lowest BCUT2D eigenvalue weighted by Gasteiger charge is -2.13. The number of amides is 1. The number of thioether (sulfide) groups is 1. The fraction of sp³-hybridized carbons (Fsp3) is 0.278. The predicted octanol–water partition coefficient (Wildman–Crippen LogP) is 3.78. The first kappa shape index (κ1) is 13.7. The predicted molar refractivity (Wildman–Crippen MR) is 91.0 cm³/mol. The van der Waals surface area contributed by atoms with E-state index in [0.29, 0.717) is 6.04 Å². The molecule has 0 aromatic heterocycles.